The van der Waals surface area contributed by atoms with E-state index in [4.69, 9.17) is 19.3 Å². The number of ketones is 1. The van der Waals surface area contributed by atoms with Gasteiger partial charge in [0, 0.05) is 46.8 Å². The van der Waals surface area contributed by atoms with Crippen LogP contribution in [-0.4, -0.2) is 98.5 Å². The lowest BCUT2D eigenvalue weighted by Crippen LogP contribution is -2.33. The van der Waals surface area contributed by atoms with E-state index in [1.807, 2.05) is 18.2 Å². The van der Waals surface area contributed by atoms with Crippen LogP contribution in [0.2, 0.25) is 0 Å². The molecule has 2 N–H and O–H groups in total. The van der Waals surface area contributed by atoms with Crippen molar-refractivity contribution in [1.29, 1.82) is 0 Å². The zero-order valence-electron chi connectivity index (χ0n) is 22.4. The van der Waals surface area contributed by atoms with E-state index < -0.39 is 0 Å². The third-order valence-corrected chi connectivity index (χ3v) is 5.79. The smallest absolute Gasteiger partial charge is 0.225 e. The lowest BCUT2D eigenvalue weighted by Gasteiger charge is -2.21. The van der Waals surface area contributed by atoms with E-state index in [0.29, 0.717) is 52.1 Å². The second-order valence-corrected chi connectivity index (χ2v) is 9.02. The fraction of sp³-hybridized carbons (Fsp3) is 0.704. The molecule has 1 atom stereocenters. The first-order valence-corrected chi connectivity index (χ1v) is 13.2. The van der Waals surface area contributed by atoms with Gasteiger partial charge < -0.3 is 29.5 Å². The molecule has 1 aromatic heterocycles. The maximum Gasteiger partial charge on any atom is 0.225 e. The van der Waals surface area contributed by atoms with Crippen LogP contribution < -0.4 is 5.32 Å². The molecule has 2 aliphatic rings. The van der Waals surface area contributed by atoms with E-state index in [0.717, 1.165) is 0 Å². The number of carbonyl (C=O) groups excluding carboxylic acids is 3. The minimum absolute atomic E-state index is 0. The Morgan fingerprint density at radius 1 is 1.05 bits per heavy atom. The molecule has 37 heavy (non-hydrogen) atoms. The van der Waals surface area contributed by atoms with Gasteiger partial charge in [-0.2, -0.15) is 0 Å². The number of ether oxygens (including phenoxy) is 3. The number of aliphatic hydroxyl groups is 1. The van der Waals surface area contributed by atoms with Crippen molar-refractivity contribution in [3.63, 3.8) is 0 Å². The molecule has 2 heterocycles. The number of amides is 2. The van der Waals surface area contributed by atoms with Gasteiger partial charge in [-0.25, -0.2) is 0 Å². The van der Waals surface area contributed by atoms with Gasteiger partial charge >= 0.3 is 0 Å². The van der Waals surface area contributed by atoms with Crippen LogP contribution >= 0.6 is 0 Å². The van der Waals surface area contributed by atoms with Gasteiger partial charge in [0.15, 0.2) is 0 Å². The number of rotatable bonds is 13. The van der Waals surface area contributed by atoms with Gasteiger partial charge in [0.1, 0.15) is 5.78 Å². The number of aliphatic hydroxyl groups excluding tert-OH is 1. The second-order valence-electron chi connectivity index (χ2n) is 9.02. The SMILES string of the molecule is CC(=O)CCOCCOCCOC1CCCCC1.CN1C[C@@H](C(=O)NCCO)CC1=O.[HH].c1ccncc1. The van der Waals surface area contributed by atoms with Gasteiger partial charge in [-0.3, -0.25) is 19.4 Å². The number of hydrogen-bond donors (Lipinski definition) is 2. The summed E-state index contributed by atoms with van der Waals surface area (Å²) in [6.07, 6.45) is 11.1. The molecule has 1 saturated heterocycles. The van der Waals surface area contributed by atoms with Crippen LogP contribution in [0.15, 0.2) is 30.6 Å². The number of pyridine rings is 1. The molecule has 10 nitrogen and oxygen atoms in total. The fourth-order valence-corrected chi connectivity index (χ4v) is 3.72. The molecular formula is C27H47N3O7. The van der Waals surface area contributed by atoms with E-state index >= 15 is 0 Å². The number of hydrogen-bond acceptors (Lipinski definition) is 8. The lowest BCUT2D eigenvalue weighted by atomic mass is 9.98. The molecule has 3 rings (SSSR count). The quantitative estimate of drug-likeness (QED) is 0.376. The Morgan fingerprint density at radius 3 is 2.22 bits per heavy atom. The molecule has 1 aliphatic carbocycles. The molecule has 0 spiro atoms. The van der Waals surface area contributed by atoms with Gasteiger partial charge in [0.05, 0.1) is 51.7 Å². The minimum Gasteiger partial charge on any atom is -0.395 e. The van der Waals surface area contributed by atoms with Crippen molar-refractivity contribution in [2.24, 2.45) is 5.92 Å². The van der Waals surface area contributed by atoms with Crippen LogP contribution in [0.1, 0.15) is 53.3 Å². The summed E-state index contributed by atoms with van der Waals surface area (Å²) < 4.78 is 16.4. The zero-order chi connectivity index (χ0) is 27.1. The third-order valence-electron chi connectivity index (χ3n) is 5.79. The minimum atomic E-state index is -0.246. The molecule has 10 heteroatoms. The van der Waals surface area contributed by atoms with Crippen molar-refractivity contribution in [2.45, 2.75) is 58.0 Å². The number of nitrogens with one attached hydrogen (secondary N) is 1. The van der Waals surface area contributed by atoms with Crippen LogP contribution in [0.4, 0.5) is 0 Å². The van der Waals surface area contributed by atoms with Gasteiger partial charge in [-0.05, 0) is 31.9 Å². The standard InChI is InChI=1S/C14H26O4.C8H14N2O3.C5H5N.H2/c1-13(15)7-8-16-9-10-17-11-12-18-14-5-3-2-4-6-14;1-10-5-6(4-7(10)12)8(13)9-2-3-11;1-2-4-6-5-3-1;/h14H,2-12H2,1H3;6,11H,2-5H2,1H3,(H,9,13);1-5H;1H/t;6-;;/m.0../s1. The maximum absolute atomic E-state index is 11.3. The van der Waals surface area contributed by atoms with Crippen molar-refractivity contribution in [3.8, 4) is 0 Å². The first kappa shape index (κ1) is 32.6. The number of Topliss-reactive ketones (excluding diaryl/α,β-unsaturated/α-hetero) is 1. The fourth-order valence-electron chi connectivity index (χ4n) is 3.72. The first-order valence-electron chi connectivity index (χ1n) is 13.2. The number of nitrogens with zero attached hydrogens (tertiary/aromatic N) is 2. The van der Waals surface area contributed by atoms with Crippen molar-refractivity contribution in [2.75, 3.05) is 59.8 Å². The largest absolute Gasteiger partial charge is 0.395 e. The van der Waals surface area contributed by atoms with Crippen molar-refractivity contribution < 1.29 is 35.1 Å². The van der Waals surface area contributed by atoms with Gasteiger partial charge in [0.25, 0.3) is 0 Å². The molecule has 0 unspecified atom stereocenters. The van der Waals surface area contributed by atoms with Crippen LogP contribution in [0.25, 0.3) is 0 Å². The monoisotopic (exact) mass is 525 g/mol. The summed E-state index contributed by atoms with van der Waals surface area (Å²) in [7, 11) is 1.68. The molecule has 0 bridgehead atoms. The second kappa shape index (κ2) is 21.7. The predicted octanol–water partition coefficient (Wildman–Crippen LogP) is 2.25. The van der Waals surface area contributed by atoms with Crippen molar-refractivity contribution >= 4 is 17.6 Å². The summed E-state index contributed by atoms with van der Waals surface area (Å²) in [4.78, 5) is 38.3. The number of likely N-dealkylation sites (tertiary alicyclic amines) is 1. The van der Waals surface area contributed by atoms with Crippen LogP contribution in [-0.2, 0) is 28.6 Å². The van der Waals surface area contributed by atoms with E-state index in [-0.39, 0.29) is 44.5 Å². The average Bonchev–Trinajstić information content (AvgIpc) is 3.26. The van der Waals surface area contributed by atoms with E-state index in [1.54, 1.807) is 31.3 Å². The molecule has 2 fully saturated rings. The Balaban J connectivity index is 0.000000595. The molecule has 1 saturated carbocycles. The van der Waals surface area contributed by atoms with Crippen LogP contribution in [0, 0.1) is 5.92 Å². The molecule has 1 aliphatic heterocycles. The van der Waals surface area contributed by atoms with Gasteiger partial charge in [-0.1, -0.05) is 25.3 Å². The van der Waals surface area contributed by atoms with Gasteiger partial charge in [0.2, 0.25) is 11.8 Å². The van der Waals surface area contributed by atoms with Crippen molar-refractivity contribution in [1.82, 2.24) is 15.2 Å². The topological polar surface area (TPSA) is 127 Å². The Morgan fingerprint density at radius 2 is 1.70 bits per heavy atom. The maximum atomic E-state index is 11.3. The molecule has 0 radical (unpaired) electrons. The summed E-state index contributed by atoms with van der Waals surface area (Å²) in [6, 6.07) is 5.72. The van der Waals surface area contributed by atoms with E-state index in [9.17, 15) is 14.4 Å². The first-order chi connectivity index (χ1) is 17.9. The molecule has 212 valence electrons. The summed E-state index contributed by atoms with van der Waals surface area (Å²) in [5.74, 6) is -0.225. The molecule has 1 aromatic rings. The zero-order valence-corrected chi connectivity index (χ0v) is 22.4. The summed E-state index contributed by atoms with van der Waals surface area (Å²) in [6.45, 7) is 5.18. The van der Waals surface area contributed by atoms with E-state index in [1.165, 1.54) is 32.1 Å². The molecular weight excluding hydrogens is 478 g/mol. The highest BCUT2D eigenvalue weighted by molar-refractivity contribution is 5.89. The highest BCUT2D eigenvalue weighted by atomic mass is 16.5. The Kier molecular flexibility index (Phi) is 19.1. The van der Waals surface area contributed by atoms with Gasteiger partial charge in [-0.15, -0.1) is 0 Å². The van der Waals surface area contributed by atoms with Crippen molar-refractivity contribution in [3.05, 3.63) is 30.6 Å². The van der Waals surface area contributed by atoms with E-state index in [2.05, 4.69) is 10.3 Å². The summed E-state index contributed by atoms with van der Waals surface area (Å²) >= 11 is 0. The van der Waals surface area contributed by atoms with Crippen LogP contribution in [0.3, 0.4) is 0 Å². The molecule has 2 amide bonds. The average molecular weight is 526 g/mol. The Labute approximate surface area is 222 Å². The third kappa shape index (κ3) is 17.6. The predicted molar refractivity (Wildman–Crippen MR) is 142 cm³/mol. The lowest BCUT2D eigenvalue weighted by molar-refractivity contribution is -0.128. The Hall–Kier alpha value is -2.40. The summed E-state index contributed by atoms with van der Waals surface area (Å²) in [5.41, 5.74) is 0. The highest BCUT2D eigenvalue weighted by Gasteiger charge is 2.31. The number of carbonyl (C=O) groups is 3. The normalized spacial score (nSPS) is 17.3. The summed E-state index contributed by atoms with van der Waals surface area (Å²) in [5, 5.41) is 11.0. The Bertz CT molecular complexity index is 710. The van der Waals surface area contributed by atoms with Crippen LogP contribution in [0.5, 0.6) is 0 Å². The molecule has 0 aromatic carbocycles. The highest BCUT2D eigenvalue weighted by Crippen LogP contribution is 2.20. The number of aromatic nitrogens is 1.